The predicted octanol–water partition coefficient (Wildman–Crippen LogP) is 1.34. The molecule has 1 N–H and O–H groups in total. The van der Waals surface area contributed by atoms with E-state index in [0.717, 1.165) is 5.56 Å². The zero-order valence-corrected chi connectivity index (χ0v) is 9.63. The van der Waals surface area contributed by atoms with Gasteiger partial charge in [-0.25, -0.2) is 4.79 Å². The van der Waals surface area contributed by atoms with Gasteiger partial charge in [0.05, 0.1) is 0 Å². The Bertz CT molecular complexity index is 471. The van der Waals surface area contributed by atoms with E-state index in [9.17, 15) is 4.79 Å². The molecule has 18 heavy (non-hydrogen) atoms. The number of benzene rings is 1. The Kier molecular flexibility index (Phi) is 4.29. The largest absolute Gasteiger partial charge is 0.445 e. The van der Waals surface area contributed by atoms with E-state index in [2.05, 4.69) is 21.8 Å². The van der Waals surface area contributed by atoms with E-state index in [0.29, 0.717) is 18.9 Å². The van der Waals surface area contributed by atoms with Crippen LogP contribution in [0.3, 0.4) is 0 Å². The minimum atomic E-state index is -0.470. The average molecular weight is 246 g/mol. The van der Waals surface area contributed by atoms with Crippen molar-refractivity contribution in [2.24, 2.45) is 0 Å². The van der Waals surface area contributed by atoms with Gasteiger partial charge in [-0.15, -0.1) is 0 Å². The summed E-state index contributed by atoms with van der Waals surface area (Å²) >= 11 is 0. The third-order valence-corrected chi connectivity index (χ3v) is 2.19. The number of ether oxygens (including phenoxy) is 1. The Labute approximate surface area is 104 Å². The molecular weight excluding hydrogens is 234 g/mol. The maximum absolute atomic E-state index is 11.3. The van der Waals surface area contributed by atoms with Crippen molar-refractivity contribution >= 4 is 6.09 Å². The molecule has 6 heteroatoms. The van der Waals surface area contributed by atoms with Gasteiger partial charge in [0, 0.05) is 13.0 Å². The molecule has 0 unspecified atom stereocenters. The first-order chi connectivity index (χ1) is 8.84. The lowest BCUT2D eigenvalue weighted by Gasteiger charge is -2.05. The minimum Gasteiger partial charge on any atom is -0.445 e. The van der Waals surface area contributed by atoms with Crippen LogP contribution in [0, 0.1) is 6.33 Å². The maximum Gasteiger partial charge on any atom is 0.407 e. The standard InChI is InChI=1S/C12H12N3O3/c16-12(13-7-6-11-14-9-15-18-11)17-8-10-4-2-1-3-5-10/h1-5H,6-8H2,(H,13,16). The molecule has 1 radical (unpaired) electrons. The van der Waals surface area contributed by atoms with E-state index in [1.54, 1.807) is 0 Å². The second-order valence-corrected chi connectivity index (χ2v) is 3.53. The molecule has 0 atom stereocenters. The summed E-state index contributed by atoms with van der Waals surface area (Å²) in [5.41, 5.74) is 0.944. The van der Waals surface area contributed by atoms with Crippen molar-refractivity contribution in [1.82, 2.24) is 15.5 Å². The molecule has 0 aliphatic carbocycles. The van der Waals surface area contributed by atoms with Gasteiger partial charge >= 0.3 is 6.09 Å². The van der Waals surface area contributed by atoms with Crippen LogP contribution >= 0.6 is 0 Å². The lowest BCUT2D eigenvalue weighted by molar-refractivity contribution is 0.139. The van der Waals surface area contributed by atoms with Crippen molar-refractivity contribution in [3.8, 4) is 0 Å². The Morgan fingerprint density at radius 3 is 2.94 bits per heavy atom. The fourth-order valence-corrected chi connectivity index (χ4v) is 1.32. The normalized spacial score (nSPS) is 10.0. The number of alkyl carbamates (subject to hydrolysis) is 1. The molecule has 93 valence electrons. The zero-order chi connectivity index (χ0) is 12.6. The summed E-state index contributed by atoms with van der Waals surface area (Å²) in [4.78, 5) is 15.0. The highest BCUT2D eigenvalue weighted by atomic mass is 16.5. The van der Waals surface area contributed by atoms with E-state index < -0.39 is 6.09 Å². The first kappa shape index (κ1) is 12.1. The molecule has 0 saturated carbocycles. The number of carbonyl (C=O) groups excluding carboxylic acids is 1. The molecule has 2 rings (SSSR count). The molecule has 2 aromatic rings. The van der Waals surface area contributed by atoms with Gasteiger partial charge in [0.15, 0.2) is 0 Å². The number of carbonyl (C=O) groups is 1. The van der Waals surface area contributed by atoms with Gasteiger partial charge in [-0.2, -0.15) is 4.98 Å². The summed E-state index contributed by atoms with van der Waals surface area (Å²) in [6.07, 6.45) is 2.29. The van der Waals surface area contributed by atoms with E-state index in [1.165, 1.54) is 0 Å². The maximum atomic E-state index is 11.3. The van der Waals surface area contributed by atoms with Crippen LogP contribution in [-0.4, -0.2) is 22.8 Å². The highest BCUT2D eigenvalue weighted by Crippen LogP contribution is 2.00. The predicted molar refractivity (Wildman–Crippen MR) is 61.5 cm³/mol. The van der Waals surface area contributed by atoms with Crippen LogP contribution < -0.4 is 5.32 Å². The number of rotatable bonds is 5. The van der Waals surface area contributed by atoms with E-state index in [-0.39, 0.29) is 6.61 Å². The average Bonchev–Trinajstić information content (AvgIpc) is 2.91. The number of aromatic nitrogens is 2. The molecular formula is C12H12N3O3. The Balaban J connectivity index is 1.63. The van der Waals surface area contributed by atoms with E-state index in [4.69, 9.17) is 9.26 Å². The highest BCUT2D eigenvalue weighted by Gasteiger charge is 2.04. The molecule has 0 bridgehead atoms. The number of hydrogen-bond acceptors (Lipinski definition) is 5. The smallest absolute Gasteiger partial charge is 0.407 e. The second kappa shape index (κ2) is 6.39. The first-order valence-corrected chi connectivity index (χ1v) is 5.48. The van der Waals surface area contributed by atoms with Gasteiger partial charge in [0.1, 0.15) is 6.61 Å². The number of amides is 1. The van der Waals surface area contributed by atoms with Crippen LogP contribution in [0.25, 0.3) is 0 Å². The SMILES string of the molecule is O=C(NCCc1n[c]no1)OCc1ccccc1. The summed E-state index contributed by atoms with van der Waals surface area (Å²) < 4.78 is 9.76. The summed E-state index contributed by atoms with van der Waals surface area (Å²) in [7, 11) is 0. The zero-order valence-electron chi connectivity index (χ0n) is 9.63. The van der Waals surface area contributed by atoms with Gasteiger partial charge in [-0.1, -0.05) is 35.5 Å². The van der Waals surface area contributed by atoms with Crippen molar-refractivity contribution in [3.05, 3.63) is 48.1 Å². The van der Waals surface area contributed by atoms with Crippen molar-refractivity contribution in [1.29, 1.82) is 0 Å². The second-order valence-electron chi connectivity index (χ2n) is 3.53. The molecule has 0 fully saturated rings. The fraction of sp³-hybridized carbons (Fsp3) is 0.250. The number of nitrogens with zero attached hydrogens (tertiary/aromatic N) is 2. The van der Waals surface area contributed by atoms with Crippen molar-refractivity contribution in [3.63, 3.8) is 0 Å². The Morgan fingerprint density at radius 1 is 1.39 bits per heavy atom. The van der Waals surface area contributed by atoms with E-state index >= 15 is 0 Å². The van der Waals surface area contributed by atoms with Crippen molar-refractivity contribution < 1.29 is 14.1 Å². The van der Waals surface area contributed by atoms with Crippen LogP contribution in [0.4, 0.5) is 4.79 Å². The van der Waals surface area contributed by atoms with Crippen LogP contribution in [0.2, 0.25) is 0 Å². The summed E-state index contributed by atoms with van der Waals surface area (Å²) in [5.74, 6) is 0.429. The molecule has 0 saturated heterocycles. The van der Waals surface area contributed by atoms with Crippen LogP contribution in [0.5, 0.6) is 0 Å². The van der Waals surface area contributed by atoms with Crippen molar-refractivity contribution in [2.45, 2.75) is 13.0 Å². The highest BCUT2D eigenvalue weighted by molar-refractivity contribution is 5.67. The third kappa shape index (κ3) is 3.89. The van der Waals surface area contributed by atoms with Crippen LogP contribution in [0.15, 0.2) is 34.9 Å². The summed E-state index contributed by atoms with van der Waals surface area (Å²) in [6.45, 7) is 0.630. The van der Waals surface area contributed by atoms with Gasteiger partial charge in [-0.05, 0) is 5.56 Å². The Hall–Kier alpha value is -2.37. The topological polar surface area (TPSA) is 77.3 Å². The van der Waals surface area contributed by atoms with Crippen molar-refractivity contribution in [2.75, 3.05) is 6.54 Å². The Morgan fingerprint density at radius 2 is 2.22 bits per heavy atom. The van der Waals surface area contributed by atoms with Gasteiger partial charge < -0.3 is 14.6 Å². The summed E-state index contributed by atoms with van der Waals surface area (Å²) in [5, 5.41) is 5.93. The van der Waals surface area contributed by atoms with Gasteiger partial charge in [0.25, 0.3) is 0 Å². The number of hydrogen-bond donors (Lipinski definition) is 1. The molecule has 1 amide bonds. The molecule has 1 heterocycles. The minimum absolute atomic E-state index is 0.251. The van der Waals surface area contributed by atoms with Gasteiger partial charge in [-0.3, -0.25) is 0 Å². The van der Waals surface area contributed by atoms with Crippen LogP contribution in [-0.2, 0) is 17.8 Å². The number of nitrogens with one attached hydrogen (secondary N) is 1. The summed E-state index contributed by atoms with van der Waals surface area (Å²) in [6, 6.07) is 9.47. The fourth-order valence-electron chi connectivity index (χ4n) is 1.32. The molecule has 0 spiro atoms. The lowest BCUT2D eigenvalue weighted by Crippen LogP contribution is -2.26. The monoisotopic (exact) mass is 246 g/mol. The lowest BCUT2D eigenvalue weighted by atomic mass is 10.2. The molecule has 1 aromatic carbocycles. The van der Waals surface area contributed by atoms with E-state index in [1.807, 2.05) is 30.3 Å². The third-order valence-electron chi connectivity index (χ3n) is 2.19. The molecule has 0 aliphatic rings. The first-order valence-electron chi connectivity index (χ1n) is 5.48. The van der Waals surface area contributed by atoms with Crippen LogP contribution in [0.1, 0.15) is 11.5 Å². The van der Waals surface area contributed by atoms with Gasteiger partial charge in [0.2, 0.25) is 12.2 Å². The quantitative estimate of drug-likeness (QED) is 0.861. The molecule has 1 aromatic heterocycles. The molecule has 6 nitrogen and oxygen atoms in total. The molecule has 0 aliphatic heterocycles.